The van der Waals surface area contributed by atoms with Gasteiger partial charge in [0.15, 0.2) is 0 Å². The lowest BCUT2D eigenvalue weighted by atomic mass is 10.2. The molecule has 0 aromatic heterocycles. The second-order valence-corrected chi connectivity index (χ2v) is 8.29. The quantitative estimate of drug-likeness (QED) is 0.224. The van der Waals surface area contributed by atoms with Gasteiger partial charge in [0.2, 0.25) is 0 Å². The molecule has 0 unspecified atom stereocenters. The number of rotatable bonds is 8. The highest BCUT2D eigenvalue weighted by atomic mass is 32.2. The Labute approximate surface area is 179 Å². The van der Waals surface area contributed by atoms with E-state index in [1.807, 2.05) is 84.9 Å². The number of thioether (sulfide) groups is 2. The van der Waals surface area contributed by atoms with Gasteiger partial charge in [0.1, 0.15) is 5.75 Å². The largest absolute Gasteiger partial charge is 0.497 e. The molecule has 0 heterocycles. The Morgan fingerprint density at radius 2 is 1.52 bits per heavy atom. The highest BCUT2D eigenvalue weighted by Crippen LogP contribution is 2.38. The number of hydrogen-bond donors (Lipinski definition) is 1. The first-order valence-electron chi connectivity index (χ1n) is 8.87. The number of hydrazone groups is 1. The minimum atomic E-state index is -0.286. The van der Waals surface area contributed by atoms with Gasteiger partial charge < -0.3 is 4.74 Å². The molecule has 1 amide bonds. The zero-order valence-electron chi connectivity index (χ0n) is 15.8. The number of methoxy groups -OCH3 is 1. The smallest absolute Gasteiger partial charge is 0.265 e. The van der Waals surface area contributed by atoms with Gasteiger partial charge in [-0.05, 0) is 42.0 Å². The maximum atomic E-state index is 12.4. The van der Waals surface area contributed by atoms with E-state index in [1.165, 1.54) is 0 Å². The highest BCUT2D eigenvalue weighted by molar-refractivity contribution is 8.22. The zero-order chi connectivity index (χ0) is 20.3. The van der Waals surface area contributed by atoms with E-state index in [9.17, 15) is 4.79 Å². The summed E-state index contributed by atoms with van der Waals surface area (Å²) in [5.41, 5.74) is 3.40. The third-order valence-electron chi connectivity index (χ3n) is 3.65. The van der Waals surface area contributed by atoms with Crippen LogP contribution in [0.15, 0.2) is 110 Å². The van der Waals surface area contributed by atoms with E-state index in [1.54, 1.807) is 42.9 Å². The monoisotopic (exact) mass is 420 g/mol. The van der Waals surface area contributed by atoms with Gasteiger partial charge in [0, 0.05) is 15.9 Å². The van der Waals surface area contributed by atoms with Crippen molar-refractivity contribution in [3.63, 3.8) is 0 Å². The maximum Gasteiger partial charge on any atom is 0.265 e. The van der Waals surface area contributed by atoms with Crippen LogP contribution < -0.4 is 10.2 Å². The molecule has 146 valence electrons. The molecule has 3 aromatic rings. The van der Waals surface area contributed by atoms with Crippen LogP contribution in [-0.2, 0) is 4.79 Å². The molecule has 0 spiro atoms. The molecule has 0 radical (unpaired) electrons. The number of nitrogens with one attached hydrogen (secondary N) is 1. The average Bonchev–Trinajstić information content (AvgIpc) is 2.75. The summed E-state index contributed by atoms with van der Waals surface area (Å²) in [7, 11) is 1.61. The molecule has 0 aliphatic carbocycles. The normalized spacial score (nSPS) is 10.5. The number of amides is 1. The fraction of sp³-hybridized carbons (Fsp3) is 0.0435. The summed E-state index contributed by atoms with van der Waals surface area (Å²) in [6.45, 7) is 0. The fourth-order valence-corrected chi connectivity index (χ4v) is 4.45. The van der Waals surface area contributed by atoms with E-state index in [2.05, 4.69) is 10.5 Å². The molecule has 4 nitrogen and oxygen atoms in total. The summed E-state index contributed by atoms with van der Waals surface area (Å²) in [4.78, 5) is 14.5. The van der Waals surface area contributed by atoms with E-state index in [0.717, 1.165) is 25.3 Å². The van der Waals surface area contributed by atoms with Crippen molar-refractivity contribution in [2.45, 2.75) is 9.79 Å². The molecule has 0 atom stereocenters. The summed E-state index contributed by atoms with van der Waals surface area (Å²) in [6.07, 6.45) is 3.15. The Kier molecular flexibility index (Phi) is 7.98. The topological polar surface area (TPSA) is 50.7 Å². The highest BCUT2D eigenvalue weighted by Gasteiger charge is 2.07. The van der Waals surface area contributed by atoms with E-state index < -0.39 is 0 Å². The molecule has 3 rings (SSSR count). The second-order valence-electron chi connectivity index (χ2n) is 5.80. The van der Waals surface area contributed by atoms with Crippen molar-refractivity contribution < 1.29 is 9.53 Å². The van der Waals surface area contributed by atoms with E-state index in [0.29, 0.717) is 0 Å². The lowest BCUT2D eigenvalue weighted by Gasteiger charge is -2.07. The number of carbonyl (C=O) groups excluding carboxylic acids is 1. The summed E-state index contributed by atoms with van der Waals surface area (Å²) >= 11 is 3.08. The number of hydrogen-bond acceptors (Lipinski definition) is 5. The number of nitrogens with zero attached hydrogens (tertiary/aromatic N) is 1. The standard InChI is InChI=1S/C23H20N2O2S2/c1-27-19-10-8-9-18(15-19)17-24-25-22(26)16-23(28-20-11-4-2-5-12-20)29-21-13-6-3-7-14-21/h2-17H,1H3,(H,25,26)/b24-17+. The van der Waals surface area contributed by atoms with Gasteiger partial charge >= 0.3 is 0 Å². The molecule has 0 aliphatic rings. The van der Waals surface area contributed by atoms with Crippen molar-refractivity contribution in [1.82, 2.24) is 5.43 Å². The Bertz CT molecular complexity index is 947. The third-order valence-corrected chi connectivity index (χ3v) is 5.81. The van der Waals surface area contributed by atoms with Crippen molar-refractivity contribution in [1.29, 1.82) is 0 Å². The summed E-state index contributed by atoms with van der Waals surface area (Å²) in [6, 6.07) is 27.4. The summed E-state index contributed by atoms with van der Waals surface area (Å²) in [5, 5.41) is 4.04. The number of carbonyl (C=O) groups is 1. The zero-order valence-corrected chi connectivity index (χ0v) is 17.5. The van der Waals surface area contributed by atoms with Crippen molar-refractivity contribution >= 4 is 35.6 Å². The van der Waals surface area contributed by atoms with Gasteiger partial charge in [-0.15, -0.1) is 0 Å². The van der Waals surface area contributed by atoms with Gasteiger partial charge in [0.05, 0.1) is 17.6 Å². The Balaban J connectivity index is 1.69. The van der Waals surface area contributed by atoms with Crippen LogP contribution >= 0.6 is 23.5 Å². The summed E-state index contributed by atoms with van der Waals surface area (Å²) in [5.74, 6) is 0.451. The molecule has 3 aromatic carbocycles. The van der Waals surface area contributed by atoms with Gasteiger partial charge in [-0.2, -0.15) is 5.10 Å². The van der Waals surface area contributed by atoms with Crippen molar-refractivity contribution in [3.8, 4) is 5.75 Å². The first kappa shape index (κ1) is 20.8. The minimum absolute atomic E-state index is 0.286. The third kappa shape index (κ3) is 7.18. The summed E-state index contributed by atoms with van der Waals surface area (Å²) < 4.78 is 6.04. The number of benzene rings is 3. The first-order chi connectivity index (χ1) is 14.2. The molecule has 0 aliphatic heterocycles. The Morgan fingerprint density at radius 3 is 2.10 bits per heavy atom. The molecule has 0 bridgehead atoms. The van der Waals surface area contributed by atoms with Crippen LogP contribution in [0.3, 0.4) is 0 Å². The van der Waals surface area contributed by atoms with Crippen LogP contribution in [0.2, 0.25) is 0 Å². The van der Waals surface area contributed by atoms with Gasteiger partial charge in [-0.25, -0.2) is 5.43 Å². The van der Waals surface area contributed by atoms with E-state index in [4.69, 9.17) is 4.74 Å². The maximum absolute atomic E-state index is 12.4. The molecule has 6 heteroatoms. The van der Waals surface area contributed by atoms with Crippen molar-refractivity contribution in [2.75, 3.05) is 7.11 Å². The molecule has 1 N–H and O–H groups in total. The molecule has 29 heavy (non-hydrogen) atoms. The minimum Gasteiger partial charge on any atom is -0.497 e. The first-order valence-corrected chi connectivity index (χ1v) is 10.5. The van der Waals surface area contributed by atoms with Gasteiger partial charge in [0.25, 0.3) is 5.91 Å². The van der Waals surface area contributed by atoms with Crippen LogP contribution in [-0.4, -0.2) is 19.2 Å². The second kappa shape index (κ2) is 11.1. The van der Waals surface area contributed by atoms with Crippen molar-refractivity contribution in [2.24, 2.45) is 5.10 Å². The molecule has 0 fully saturated rings. The predicted octanol–water partition coefficient (Wildman–Crippen LogP) is 5.57. The van der Waals surface area contributed by atoms with Crippen LogP contribution in [0.5, 0.6) is 5.75 Å². The molecule has 0 saturated carbocycles. The van der Waals surface area contributed by atoms with Crippen LogP contribution in [0.25, 0.3) is 0 Å². The average molecular weight is 421 g/mol. The Morgan fingerprint density at radius 1 is 0.897 bits per heavy atom. The SMILES string of the molecule is COc1cccc(/C=N/NC(=O)C=C(Sc2ccccc2)Sc2ccccc2)c1. The van der Waals surface area contributed by atoms with Crippen LogP contribution in [0.4, 0.5) is 0 Å². The molecular formula is C23H20N2O2S2. The molecule has 0 saturated heterocycles. The lowest BCUT2D eigenvalue weighted by molar-refractivity contribution is -0.116. The van der Waals surface area contributed by atoms with Crippen LogP contribution in [0.1, 0.15) is 5.56 Å². The fourth-order valence-electron chi connectivity index (χ4n) is 2.32. The van der Waals surface area contributed by atoms with E-state index >= 15 is 0 Å². The van der Waals surface area contributed by atoms with Crippen molar-refractivity contribution in [3.05, 3.63) is 101 Å². The lowest BCUT2D eigenvalue weighted by Crippen LogP contribution is -2.14. The molecular weight excluding hydrogens is 400 g/mol. The van der Waals surface area contributed by atoms with Gasteiger partial charge in [-0.1, -0.05) is 72.1 Å². The van der Waals surface area contributed by atoms with E-state index in [-0.39, 0.29) is 5.91 Å². The van der Waals surface area contributed by atoms with Gasteiger partial charge in [-0.3, -0.25) is 4.79 Å². The number of ether oxygens (including phenoxy) is 1. The van der Waals surface area contributed by atoms with Crippen LogP contribution in [0, 0.1) is 0 Å². The predicted molar refractivity (Wildman–Crippen MR) is 121 cm³/mol. The Hall–Kier alpha value is -2.96.